The summed E-state index contributed by atoms with van der Waals surface area (Å²) in [7, 11) is 0. The Morgan fingerprint density at radius 2 is 1.20 bits per heavy atom. The molecule has 2 heterocycles. The Hall–Kier alpha value is -4.04. The number of azo groups is 2. The summed E-state index contributed by atoms with van der Waals surface area (Å²) in [6.07, 6.45) is 10.0. The summed E-state index contributed by atoms with van der Waals surface area (Å²) in [6, 6.07) is 14.7. The topological polar surface area (TPSA) is 91.4 Å². The van der Waals surface area contributed by atoms with Gasteiger partial charge in [-0.05, 0) is 48.6 Å². The molecule has 30 heavy (non-hydrogen) atoms. The van der Waals surface area contributed by atoms with E-state index in [9.17, 15) is 5.21 Å². The van der Waals surface area contributed by atoms with Crippen LogP contribution in [0.2, 0.25) is 0 Å². The van der Waals surface area contributed by atoms with Crippen molar-refractivity contribution in [2.75, 3.05) is 13.2 Å². The van der Waals surface area contributed by atoms with Gasteiger partial charge in [0.25, 0.3) is 0 Å². The van der Waals surface area contributed by atoms with E-state index in [1.54, 1.807) is 24.3 Å². The quantitative estimate of drug-likeness (QED) is 0.563. The number of rotatable bonds is 0. The van der Waals surface area contributed by atoms with Crippen molar-refractivity contribution in [2.24, 2.45) is 20.5 Å². The van der Waals surface area contributed by atoms with E-state index in [0.29, 0.717) is 41.7 Å². The molecule has 0 aromatic heterocycles. The van der Waals surface area contributed by atoms with Crippen LogP contribution in [0.1, 0.15) is 0 Å². The first-order chi connectivity index (χ1) is 14.8. The van der Waals surface area contributed by atoms with E-state index in [4.69, 9.17) is 9.47 Å². The van der Waals surface area contributed by atoms with Gasteiger partial charge in [-0.25, -0.2) is 5.06 Å². The lowest BCUT2D eigenvalue weighted by Gasteiger charge is -2.10. The summed E-state index contributed by atoms with van der Waals surface area (Å²) in [5.74, 6) is 1.47. The molecule has 4 rings (SSSR count). The smallest absolute Gasteiger partial charge is 0.203 e. The number of hydrogen-bond acceptors (Lipinski definition) is 8. The molecule has 0 amide bonds. The molecule has 0 saturated carbocycles. The van der Waals surface area contributed by atoms with Gasteiger partial charge in [-0.2, -0.15) is 0 Å². The minimum absolute atomic E-state index is 0.271. The van der Waals surface area contributed by atoms with Crippen LogP contribution in [0, 0.1) is 0 Å². The Morgan fingerprint density at radius 3 is 1.73 bits per heavy atom. The molecule has 0 radical (unpaired) electrons. The Balaban J connectivity index is 1.78. The van der Waals surface area contributed by atoms with Gasteiger partial charge in [0.15, 0.2) is 0 Å². The zero-order valence-corrected chi connectivity index (χ0v) is 16.0. The van der Waals surface area contributed by atoms with Crippen molar-refractivity contribution >= 4 is 11.4 Å². The molecule has 8 nitrogen and oxygen atoms in total. The maximum Gasteiger partial charge on any atom is 0.203 e. The number of para-hydroxylation sites is 2. The van der Waals surface area contributed by atoms with Crippen LogP contribution < -0.4 is 9.47 Å². The van der Waals surface area contributed by atoms with Crippen LogP contribution in [0.25, 0.3) is 0 Å². The highest BCUT2D eigenvalue weighted by atomic mass is 16.5. The molecule has 0 aliphatic carbocycles. The van der Waals surface area contributed by atoms with Gasteiger partial charge < -0.3 is 9.47 Å². The predicted octanol–water partition coefficient (Wildman–Crippen LogP) is 5.83. The summed E-state index contributed by atoms with van der Waals surface area (Å²) < 4.78 is 11.6. The highest BCUT2D eigenvalue weighted by Crippen LogP contribution is 2.31. The first-order valence-corrected chi connectivity index (χ1v) is 9.29. The van der Waals surface area contributed by atoms with Crippen molar-refractivity contribution in [3.63, 3.8) is 0 Å². The van der Waals surface area contributed by atoms with E-state index in [-0.39, 0.29) is 5.82 Å². The van der Waals surface area contributed by atoms with E-state index in [1.807, 2.05) is 48.6 Å². The molecule has 2 aromatic carbocycles. The molecule has 150 valence electrons. The fraction of sp³-hybridized carbons (Fsp3) is 0.0909. The first kappa shape index (κ1) is 19.3. The molecule has 0 saturated heterocycles. The van der Waals surface area contributed by atoms with Crippen molar-refractivity contribution in [1.29, 1.82) is 0 Å². The van der Waals surface area contributed by atoms with Crippen molar-refractivity contribution in [3.8, 4) is 11.5 Å². The zero-order chi connectivity index (χ0) is 20.6. The Morgan fingerprint density at radius 1 is 0.700 bits per heavy atom. The number of hydroxylamine groups is 2. The molecule has 8 heteroatoms. The molecular formula is C22H19N5O3. The zero-order valence-electron chi connectivity index (χ0n) is 16.0. The summed E-state index contributed by atoms with van der Waals surface area (Å²) >= 11 is 0. The van der Waals surface area contributed by atoms with Gasteiger partial charge in [-0.1, -0.05) is 24.3 Å². The van der Waals surface area contributed by atoms with Crippen LogP contribution in [0.15, 0.2) is 117 Å². The standard InChI is InChI=1S/C22H19N5O3/c28-27-13-11-17(12-14-27)22-25-23-18-7-1-3-9-20(18)29-15-5-6-16-30-21-10-4-2-8-19(21)24-26-22/h1-14,28H,15-16H2/b6-5+,25-23?,26-24?. The summed E-state index contributed by atoms with van der Waals surface area (Å²) in [5.41, 5.74) is 1.77. The lowest BCUT2D eigenvalue weighted by Crippen LogP contribution is -2.04. The minimum Gasteiger partial charge on any atom is -0.487 e. The van der Waals surface area contributed by atoms with Crippen LogP contribution in [0.3, 0.4) is 0 Å². The Labute approximate surface area is 173 Å². The normalized spacial score (nSPS) is 17.3. The van der Waals surface area contributed by atoms with Crippen LogP contribution in [0.4, 0.5) is 11.4 Å². The van der Waals surface area contributed by atoms with Crippen molar-refractivity contribution < 1.29 is 14.7 Å². The number of nitrogens with zero attached hydrogens (tertiary/aromatic N) is 5. The predicted molar refractivity (Wildman–Crippen MR) is 111 cm³/mol. The third kappa shape index (κ3) is 4.86. The van der Waals surface area contributed by atoms with Crippen LogP contribution >= 0.6 is 0 Å². The summed E-state index contributed by atoms with van der Waals surface area (Å²) in [4.78, 5) is 0. The van der Waals surface area contributed by atoms with E-state index in [0.717, 1.165) is 5.06 Å². The second-order valence-corrected chi connectivity index (χ2v) is 6.22. The molecule has 0 fully saturated rings. The van der Waals surface area contributed by atoms with Gasteiger partial charge >= 0.3 is 0 Å². The third-order valence-corrected chi connectivity index (χ3v) is 4.14. The van der Waals surface area contributed by atoms with E-state index in [2.05, 4.69) is 20.5 Å². The number of ether oxygens (including phenoxy) is 2. The molecule has 0 unspecified atom stereocenters. The molecular weight excluding hydrogens is 382 g/mol. The Bertz CT molecular complexity index is 1000. The lowest BCUT2D eigenvalue weighted by molar-refractivity contribution is 0.0105. The fourth-order valence-corrected chi connectivity index (χ4v) is 2.64. The third-order valence-electron chi connectivity index (χ3n) is 4.14. The van der Waals surface area contributed by atoms with Gasteiger partial charge in [0, 0.05) is 18.0 Å². The average Bonchev–Trinajstić information content (AvgIpc) is 2.78. The second kappa shape index (κ2) is 9.44. The number of benzene rings is 2. The van der Waals surface area contributed by atoms with Crippen LogP contribution in [0.5, 0.6) is 11.5 Å². The monoisotopic (exact) mass is 401 g/mol. The summed E-state index contributed by atoms with van der Waals surface area (Å²) in [6.45, 7) is 0.746. The van der Waals surface area contributed by atoms with Crippen LogP contribution in [-0.4, -0.2) is 23.5 Å². The number of hydrogen-bond donors (Lipinski definition) is 1. The second-order valence-electron chi connectivity index (χ2n) is 6.22. The average molecular weight is 401 g/mol. The van der Waals surface area contributed by atoms with E-state index in [1.165, 1.54) is 12.4 Å². The number of fused-ring (bicyclic) bond motifs is 2. The molecule has 0 spiro atoms. The highest BCUT2D eigenvalue weighted by molar-refractivity contribution is 5.52. The number of allylic oxidation sites excluding steroid dienone is 3. The molecule has 1 N–H and O–H groups in total. The van der Waals surface area contributed by atoms with Crippen molar-refractivity contribution in [2.45, 2.75) is 0 Å². The van der Waals surface area contributed by atoms with Crippen molar-refractivity contribution in [3.05, 3.63) is 96.6 Å². The van der Waals surface area contributed by atoms with Gasteiger partial charge in [0.05, 0.1) is 0 Å². The van der Waals surface area contributed by atoms with Gasteiger partial charge in [0.1, 0.15) is 36.1 Å². The fourth-order valence-electron chi connectivity index (χ4n) is 2.64. The van der Waals surface area contributed by atoms with E-state index < -0.39 is 0 Å². The Kier molecular flexibility index (Phi) is 6.07. The van der Waals surface area contributed by atoms with Crippen LogP contribution in [-0.2, 0) is 0 Å². The maximum atomic E-state index is 9.51. The molecule has 2 aliphatic rings. The SMILES string of the molecule is ON1C=CC(=C2N=Nc3ccccc3OC/C=C/COc3ccccc3N=N2)C=C1. The van der Waals surface area contributed by atoms with E-state index >= 15 is 0 Å². The minimum atomic E-state index is 0.271. The maximum absolute atomic E-state index is 9.51. The largest absolute Gasteiger partial charge is 0.487 e. The molecule has 0 bridgehead atoms. The molecule has 0 atom stereocenters. The van der Waals surface area contributed by atoms with Crippen molar-refractivity contribution in [1.82, 2.24) is 5.06 Å². The first-order valence-electron chi connectivity index (χ1n) is 9.29. The highest BCUT2D eigenvalue weighted by Gasteiger charge is 2.08. The van der Waals surface area contributed by atoms with Gasteiger partial charge in [-0.3, -0.25) is 5.21 Å². The summed E-state index contributed by atoms with van der Waals surface area (Å²) in [5, 5.41) is 27.7. The van der Waals surface area contributed by atoms with Gasteiger partial charge in [-0.15, -0.1) is 20.5 Å². The molecule has 2 aromatic rings. The lowest BCUT2D eigenvalue weighted by atomic mass is 10.2. The molecule has 2 aliphatic heterocycles. The van der Waals surface area contributed by atoms with Gasteiger partial charge in [0.2, 0.25) is 5.82 Å².